The molecule has 0 aliphatic carbocycles. The third-order valence-electron chi connectivity index (χ3n) is 3.16. The van der Waals surface area contributed by atoms with Crippen molar-refractivity contribution in [2.75, 3.05) is 6.54 Å². The standard InChI is InChI=1S/C15H29N3/c1-6-15-14(10-16-9-13(4)5)11-17-18(15)8-7-12(2)3/h11-13,16H,6-10H2,1-5H3. The van der Waals surface area contributed by atoms with Crippen LogP contribution < -0.4 is 5.32 Å². The van der Waals surface area contributed by atoms with E-state index in [4.69, 9.17) is 0 Å². The van der Waals surface area contributed by atoms with E-state index in [-0.39, 0.29) is 0 Å². The van der Waals surface area contributed by atoms with Crippen molar-refractivity contribution < 1.29 is 0 Å². The van der Waals surface area contributed by atoms with Gasteiger partial charge in [0.05, 0.1) is 6.20 Å². The van der Waals surface area contributed by atoms with E-state index in [1.54, 1.807) is 0 Å². The van der Waals surface area contributed by atoms with Crippen molar-refractivity contribution >= 4 is 0 Å². The first-order valence-electron chi connectivity index (χ1n) is 7.28. The molecule has 3 heteroatoms. The van der Waals surface area contributed by atoms with Crippen molar-refractivity contribution in [2.24, 2.45) is 11.8 Å². The molecule has 1 aromatic rings. The van der Waals surface area contributed by atoms with Gasteiger partial charge in [0.15, 0.2) is 0 Å². The van der Waals surface area contributed by atoms with Gasteiger partial charge in [0.1, 0.15) is 0 Å². The van der Waals surface area contributed by atoms with Gasteiger partial charge in [-0.1, -0.05) is 34.6 Å². The van der Waals surface area contributed by atoms with Gasteiger partial charge in [0, 0.05) is 24.3 Å². The van der Waals surface area contributed by atoms with Crippen LogP contribution in [0, 0.1) is 11.8 Å². The number of rotatable bonds is 8. The van der Waals surface area contributed by atoms with Gasteiger partial charge in [-0.05, 0) is 31.2 Å². The molecule has 3 nitrogen and oxygen atoms in total. The van der Waals surface area contributed by atoms with E-state index in [2.05, 4.69) is 49.7 Å². The Balaban J connectivity index is 2.57. The van der Waals surface area contributed by atoms with Crippen LogP contribution in [-0.4, -0.2) is 16.3 Å². The fourth-order valence-electron chi connectivity index (χ4n) is 2.08. The van der Waals surface area contributed by atoms with Crippen LogP contribution in [-0.2, 0) is 19.5 Å². The van der Waals surface area contributed by atoms with Gasteiger partial charge in [0.25, 0.3) is 0 Å². The van der Waals surface area contributed by atoms with Gasteiger partial charge in [-0.15, -0.1) is 0 Å². The molecule has 0 radical (unpaired) electrons. The number of aromatic nitrogens is 2. The molecule has 0 fully saturated rings. The van der Waals surface area contributed by atoms with E-state index < -0.39 is 0 Å². The zero-order valence-corrected chi connectivity index (χ0v) is 12.7. The zero-order chi connectivity index (χ0) is 13.5. The molecule has 0 spiro atoms. The van der Waals surface area contributed by atoms with Crippen molar-refractivity contribution in [3.63, 3.8) is 0 Å². The Hall–Kier alpha value is -0.830. The maximum atomic E-state index is 4.53. The Labute approximate surface area is 112 Å². The fourth-order valence-corrected chi connectivity index (χ4v) is 2.08. The molecule has 0 aliphatic rings. The summed E-state index contributed by atoms with van der Waals surface area (Å²) in [5, 5.41) is 8.03. The summed E-state index contributed by atoms with van der Waals surface area (Å²) in [5.74, 6) is 1.44. The summed E-state index contributed by atoms with van der Waals surface area (Å²) in [6.07, 6.45) is 4.30. The van der Waals surface area contributed by atoms with Crippen LogP contribution in [0.3, 0.4) is 0 Å². The van der Waals surface area contributed by atoms with E-state index in [0.717, 1.165) is 32.0 Å². The van der Waals surface area contributed by atoms with Crippen molar-refractivity contribution in [3.05, 3.63) is 17.5 Å². The third kappa shape index (κ3) is 4.81. The second-order valence-corrected chi connectivity index (χ2v) is 5.90. The van der Waals surface area contributed by atoms with Crippen LogP contribution in [0.5, 0.6) is 0 Å². The lowest BCUT2D eigenvalue weighted by molar-refractivity contribution is 0.475. The Bertz CT molecular complexity index is 340. The Morgan fingerprint density at radius 1 is 1.22 bits per heavy atom. The van der Waals surface area contributed by atoms with Crippen LogP contribution in [0.25, 0.3) is 0 Å². The number of hydrogen-bond acceptors (Lipinski definition) is 2. The summed E-state index contributed by atoms with van der Waals surface area (Å²) in [4.78, 5) is 0. The normalized spacial score (nSPS) is 11.7. The number of hydrogen-bond donors (Lipinski definition) is 1. The second-order valence-electron chi connectivity index (χ2n) is 5.90. The first-order valence-corrected chi connectivity index (χ1v) is 7.28. The minimum absolute atomic E-state index is 0.700. The van der Waals surface area contributed by atoms with Crippen molar-refractivity contribution in [3.8, 4) is 0 Å². The van der Waals surface area contributed by atoms with Gasteiger partial charge in [-0.25, -0.2) is 0 Å². The number of aryl methyl sites for hydroxylation is 1. The Morgan fingerprint density at radius 3 is 2.50 bits per heavy atom. The number of nitrogens with zero attached hydrogens (tertiary/aromatic N) is 2. The molecule has 1 heterocycles. The fraction of sp³-hybridized carbons (Fsp3) is 0.800. The molecular weight excluding hydrogens is 222 g/mol. The first-order chi connectivity index (χ1) is 8.54. The summed E-state index contributed by atoms with van der Waals surface area (Å²) >= 11 is 0. The predicted octanol–water partition coefficient (Wildman–Crippen LogP) is 3.24. The zero-order valence-electron chi connectivity index (χ0n) is 12.7. The molecule has 0 aliphatic heterocycles. The van der Waals surface area contributed by atoms with Crippen LogP contribution in [0.4, 0.5) is 0 Å². The lowest BCUT2D eigenvalue weighted by atomic mass is 10.1. The van der Waals surface area contributed by atoms with Crippen LogP contribution in [0.1, 0.15) is 52.3 Å². The highest BCUT2D eigenvalue weighted by molar-refractivity contribution is 5.17. The van der Waals surface area contributed by atoms with E-state index in [1.165, 1.54) is 17.7 Å². The van der Waals surface area contributed by atoms with E-state index >= 15 is 0 Å². The van der Waals surface area contributed by atoms with Crippen LogP contribution in [0.15, 0.2) is 6.20 Å². The predicted molar refractivity (Wildman–Crippen MR) is 77.6 cm³/mol. The Morgan fingerprint density at radius 2 is 1.94 bits per heavy atom. The van der Waals surface area contributed by atoms with Crippen LogP contribution in [0.2, 0.25) is 0 Å². The summed E-state index contributed by atoms with van der Waals surface area (Å²) in [5.41, 5.74) is 2.76. The highest BCUT2D eigenvalue weighted by Gasteiger charge is 2.09. The minimum Gasteiger partial charge on any atom is -0.312 e. The summed E-state index contributed by atoms with van der Waals surface area (Å²) in [6, 6.07) is 0. The van der Waals surface area contributed by atoms with Crippen molar-refractivity contribution in [1.82, 2.24) is 15.1 Å². The van der Waals surface area contributed by atoms with Crippen molar-refractivity contribution in [2.45, 2.75) is 60.5 Å². The molecule has 0 amide bonds. The molecule has 0 saturated heterocycles. The molecule has 0 atom stereocenters. The highest BCUT2D eigenvalue weighted by atomic mass is 15.3. The third-order valence-corrected chi connectivity index (χ3v) is 3.16. The number of nitrogens with one attached hydrogen (secondary N) is 1. The maximum Gasteiger partial charge on any atom is 0.0537 e. The average molecular weight is 251 g/mol. The molecule has 1 aromatic heterocycles. The largest absolute Gasteiger partial charge is 0.312 e. The lowest BCUT2D eigenvalue weighted by Crippen LogP contribution is -2.19. The van der Waals surface area contributed by atoms with Gasteiger partial charge in [-0.3, -0.25) is 4.68 Å². The van der Waals surface area contributed by atoms with Gasteiger partial charge in [0.2, 0.25) is 0 Å². The SMILES string of the molecule is CCc1c(CNCC(C)C)cnn1CCC(C)C. The molecule has 0 bridgehead atoms. The molecule has 0 aromatic carbocycles. The van der Waals surface area contributed by atoms with Gasteiger partial charge >= 0.3 is 0 Å². The summed E-state index contributed by atoms with van der Waals surface area (Å²) < 4.78 is 2.19. The van der Waals surface area contributed by atoms with E-state index in [9.17, 15) is 0 Å². The topological polar surface area (TPSA) is 29.9 Å². The van der Waals surface area contributed by atoms with Crippen molar-refractivity contribution in [1.29, 1.82) is 0 Å². The molecule has 18 heavy (non-hydrogen) atoms. The maximum absolute atomic E-state index is 4.53. The lowest BCUT2D eigenvalue weighted by Gasteiger charge is -2.11. The molecule has 1 N–H and O–H groups in total. The molecular formula is C15H29N3. The van der Waals surface area contributed by atoms with Crippen LogP contribution >= 0.6 is 0 Å². The quantitative estimate of drug-likeness (QED) is 0.768. The molecule has 0 unspecified atom stereocenters. The second kappa shape index (κ2) is 7.57. The average Bonchev–Trinajstić information content (AvgIpc) is 2.68. The molecule has 104 valence electrons. The molecule has 0 saturated carbocycles. The Kier molecular flexibility index (Phi) is 6.41. The van der Waals surface area contributed by atoms with E-state index in [1.807, 2.05) is 6.20 Å². The van der Waals surface area contributed by atoms with E-state index in [0.29, 0.717) is 5.92 Å². The minimum atomic E-state index is 0.700. The molecule has 1 rings (SSSR count). The monoisotopic (exact) mass is 251 g/mol. The van der Waals surface area contributed by atoms with Gasteiger partial charge in [-0.2, -0.15) is 5.10 Å². The summed E-state index contributed by atoms with van der Waals surface area (Å²) in [6.45, 7) is 14.3. The smallest absolute Gasteiger partial charge is 0.0537 e. The highest BCUT2D eigenvalue weighted by Crippen LogP contribution is 2.12. The summed E-state index contributed by atoms with van der Waals surface area (Å²) in [7, 11) is 0. The van der Waals surface area contributed by atoms with Gasteiger partial charge < -0.3 is 5.32 Å². The first kappa shape index (κ1) is 15.2.